The van der Waals surface area contributed by atoms with Crippen LogP contribution >= 0.6 is 23.1 Å². The number of carboxylic acid groups (broad SMARTS) is 2. The van der Waals surface area contributed by atoms with Crippen LogP contribution < -0.4 is 11.1 Å². The molecule has 34 heavy (non-hydrogen) atoms. The summed E-state index contributed by atoms with van der Waals surface area (Å²) in [6.07, 6.45) is -1.37. The standard InChI is InChI=1S/C18H19N5O9S2/c1-6(16(27)28)32-22-10(9-5-34-18(19)20-9)13(25)21-11-14(26)23-12(17(29)30)8(3-31-7(2)24)4-33-15(11)23/h5-6,11,15H,3-4H2,1-2H3,(H2,19,20)(H,21,25)(H,27,28)(H,29,30)/t6?,11?,15-/m0/s1. The lowest BCUT2D eigenvalue weighted by molar-refractivity contribution is -0.150. The first-order valence-corrected chi connectivity index (χ1v) is 11.5. The zero-order chi connectivity index (χ0) is 25.2. The fourth-order valence-electron chi connectivity index (χ4n) is 2.97. The average molecular weight is 514 g/mol. The molecule has 16 heteroatoms. The van der Waals surface area contributed by atoms with E-state index >= 15 is 0 Å². The smallest absolute Gasteiger partial charge is 0.352 e. The lowest BCUT2D eigenvalue weighted by Crippen LogP contribution is -2.71. The number of nitrogens with two attached hydrogens (primary N) is 1. The van der Waals surface area contributed by atoms with Crippen molar-refractivity contribution in [3.05, 3.63) is 22.3 Å². The van der Waals surface area contributed by atoms with Gasteiger partial charge in [-0.15, -0.1) is 23.1 Å². The van der Waals surface area contributed by atoms with Gasteiger partial charge in [-0.2, -0.15) is 0 Å². The van der Waals surface area contributed by atoms with E-state index in [2.05, 4.69) is 15.5 Å². The number of hydrogen-bond donors (Lipinski definition) is 4. The molecule has 2 aliphatic rings. The second kappa shape index (κ2) is 10.1. The number of nitrogens with zero attached hydrogens (tertiary/aromatic N) is 3. The van der Waals surface area contributed by atoms with Gasteiger partial charge < -0.3 is 30.8 Å². The van der Waals surface area contributed by atoms with Gasteiger partial charge >= 0.3 is 17.9 Å². The summed E-state index contributed by atoms with van der Waals surface area (Å²) in [5.74, 6) is -4.73. The van der Waals surface area contributed by atoms with Crippen LogP contribution in [0.15, 0.2) is 21.8 Å². The molecule has 1 fully saturated rings. The van der Waals surface area contributed by atoms with E-state index in [4.69, 9.17) is 20.4 Å². The third-order valence-electron chi connectivity index (χ3n) is 4.62. The molecule has 5 N–H and O–H groups in total. The number of nitrogen functional groups attached to an aromatic ring is 1. The van der Waals surface area contributed by atoms with E-state index in [1.807, 2.05) is 0 Å². The number of β-lactam (4-membered cyclic amide) rings is 1. The van der Waals surface area contributed by atoms with E-state index in [9.17, 15) is 29.1 Å². The second-order valence-electron chi connectivity index (χ2n) is 7.00. The maximum atomic E-state index is 12.9. The third kappa shape index (κ3) is 5.12. The summed E-state index contributed by atoms with van der Waals surface area (Å²) in [5, 5.41) is 25.4. The number of nitrogens with one attached hydrogen (secondary N) is 1. The van der Waals surface area contributed by atoms with Crippen LogP contribution in [-0.2, 0) is 33.5 Å². The quantitative estimate of drug-likeness (QED) is 0.139. The summed E-state index contributed by atoms with van der Waals surface area (Å²) in [7, 11) is 0. The number of carboxylic acids is 2. The van der Waals surface area contributed by atoms with Crippen LogP contribution in [-0.4, -0.2) is 85.4 Å². The van der Waals surface area contributed by atoms with Gasteiger partial charge in [0.05, 0.1) is 0 Å². The Kier molecular flexibility index (Phi) is 7.41. The molecule has 182 valence electrons. The Balaban J connectivity index is 1.80. The summed E-state index contributed by atoms with van der Waals surface area (Å²) in [6.45, 7) is 2.10. The first-order valence-electron chi connectivity index (χ1n) is 9.53. The van der Waals surface area contributed by atoms with Crippen LogP contribution in [0.1, 0.15) is 19.5 Å². The number of oxime groups is 1. The van der Waals surface area contributed by atoms with Crippen molar-refractivity contribution in [3.8, 4) is 0 Å². The minimum atomic E-state index is -1.37. The van der Waals surface area contributed by atoms with Gasteiger partial charge in [0.2, 0.25) is 6.10 Å². The predicted molar refractivity (Wildman–Crippen MR) is 118 cm³/mol. The summed E-state index contributed by atoms with van der Waals surface area (Å²) < 4.78 is 4.87. The fraction of sp³-hybridized carbons (Fsp3) is 0.389. The number of carbonyl (C=O) groups is 5. The second-order valence-corrected chi connectivity index (χ2v) is 8.99. The first-order chi connectivity index (χ1) is 16.0. The SMILES string of the molecule is CC(=O)OCC1=C(C(=O)O)N2C(=O)C(NC(=O)C(=NOC(C)C(=O)O)c3csc(N)n3)[C@@H]2SC1. The molecule has 3 rings (SSSR count). The topological polar surface area (TPSA) is 211 Å². The van der Waals surface area contributed by atoms with E-state index in [0.29, 0.717) is 0 Å². The van der Waals surface area contributed by atoms with Crippen LogP contribution in [0.5, 0.6) is 0 Å². The van der Waals surface area contributed by atoms with Gasteiger partial charge in [-0.25, -0.2) is 14.6 Å². The first kappa shape index (κ1) is 25.0. The number of aromatic nitrogens is 1. The lowest BCUT2D eigenvalue weighted by Gasteiger charge is -2.49. The largest absolute Gasteiger partial charge is 0.478 e. The average Bonchev–Trinajstić information content (AvgIpc) is 3.20. The number of thioether (sulfide) groups is 1. The van der Waals surface area contributed by atoms with E-state index in [1.165, 1.54) is 31.0 Å². The number of rotatable bonds is 9. The Labute approximate surface area is 199 Å². The summed E-state index contributed by atoms with van der Waals surface area (Å²) >= 11 is 2.18. The van der Waals surface area contributed by atoms with E-state index in [-0.39, 0.29) is 34.5 Å². The number of carbonyl (C=O) groups excluding carboxylic acids is 3. The molecule has 3 atom stereocenters. The van der Waals surface area contributed by atoms with Gasteiger partial charge in [0.25, 0.3) is 11.8 Å². The molecule has 2 unspecified atom stereocenters. The molecule has 14 nitrogen and oxygen atoms in total. The molecule has 1 aromatic heterocycles. The number of aliphatic carboxylic acids is 2. The maximum Gasteiger partial charge on any atom is 0.352 e. The van der Waals surface area contributed by atoms with E-state index in [0.717, 1.165) is 16.2 Å². The molecular formula is C18H19N5O9S2. The highest BCUT2D eigenvalue weighted by atomic mass is 32.2. The van der Waals surface area contributed by atoms with Crippen LogP contribution in [0.3, 0.4) is 0 Å². The van der Waals surface area contributed by atoms with Gasteiger partial charge in [-0.05, 0) is 6.92 Å². The molecule has 2 amide bonds. The minimum Gasteiger partial charge on any atom is -0.478 e. The van der Waals surface area contributed by atoms with Gasteiger partial charge in [-0.1, -0.05) is 5.16 Å². The fourth-order valence-corrected chi connectivity index (χ4v) is 4.85. The highest BCUT2D eigenvalue weighted by Crippen LogP contribution is 2.40. The molecule has 0 bridgehead atoms. The van der Waals surface area contributed by atoms with Gasteiger partial charge in [0.1, 0.15) is 29.4 Å². The highest BCUT2D eigenvalue weighted by molar-refractivity contribution is 8.00. The van der Waals surface area contributed by atoms with Gasteiger partial charge in [0.15, 0.2) is 10.8 Å². The van der Waals surface area contributed by atoms with E-state index in [1.54, 1.807) is 0 Å². The van der Waals surface area contributed by atoms with Crippen LogP contribution in [0.25, 0.3) is 0 Å². The number of anilines is 1. The summed E-state index contributed by atoms with van der Waals surface area (Å²) in [6, 6.07) is -1.10. The van der Waals surface area contributed by atoms with Crippen molar-refractivity contribution in [2.24, 2.45) is 5.16 Å². The van der Waals surface area contributed by atoms with Crippen LogP contribution in [0.2, 0.25) is 0 Å². The summed E-state index contributed by atoms with van der Waals surface area (Å²) in [4.78, 5) is 69.3. The minimum absolute atomic E-state index is 0.00676. The third-order valence-corrected chi connectivity index (χ3v) is 6.63. The van der Waals surface area contributed by atoms with Gasteiger partial charge in [-0.3, -0.25) is 19.3 Å². The summed E-state index contributed by atoms with van der Waals surface area (Å²) in [5.41, 5.74) is 5.14. The predicted octanol–water partition coefficient (Wildman–Crippen LogP) is -0.779. The highest BCUT2D eigenvalue weighted by Gasteiger charge is 2.54. The lowest BCUT2D eigenvalue weighted by atomic mass is 10.0. The monoisotopic (exact) mass is 513 g/mol. The van der Waals surface area contributed by atoms with E-state index < -0.39 is 53.0 Å². The van der Waals surface area contributed by atoms with Crippen LogP contribution in [0, 0.1) is 0 Å². The van der Waals surface area contributed by atoms with Crippen molar-refractivity contribution >= 4 is 63.7 Å². The van der Waals surface area contributed by atoms with Crippen molar-refractivity contribution in [2.45, 2.75) is 31.4 Å². The molecule has 0 saturated carbocycles. The Morgan fingerprint density at radius 2 is 2.09 bits per heavy atom. The number of thiazole rings is 1. The normalized spacial score (nSPS) is 20.7. The molecule has 2 aliphatic heterocycles. The number of amides is 2. The molecule has 3 heterocycles. The molecule has 0 radical (unpaired) electrons. The zero-order valence-electron chi connectivity index (χ0n) is 17.7. The number of fused-ring (bicyclic) bond motifs is 1. The molecule has 0 spiro atoms. The zero-order valence-corrected chi connectivity index (χ0v) is 19.3. The Morgan fingerprint density at radius 1 is 1.38 bits per heavy atom. The molecule has 0 aromatic carbocycles. The molecule has 0 aliphatic carbocycles. The Hall–Kier alpha value is -3.66. The Morgan fingerprint density at radius 3 is 2.65 bits per heavy atom. The molecule has 1 saturated heterocycles. The van der Waals surface area contributed by atoms with Crippen molar-refractivity contribution in [2.75, 3.05) is 18.1 Å². The van der Waals surface area contributed by atoms with Crippen molar-refractivity contribution < 1.29 is 43.8 Å². The Bertz CT molecular complexity index is 1120. The number of esters is 1. The van der Waals surface area contributed by atoms with Crippen molar-refractivity contribution in [1.82, 2.24) is 15.2 Å². The molecule has 1 aromatic rings. The number of ether oxygens (including phenoxy) is 1. The van der Waals surface area contributed by atoms with Crippen molar-refractivity contribution in [1.29, 1.82) is 0 Å². The van der Waals surface area contributed by atoms with Gasteiger partial charge in [0, 0.05) is 23.6 Å². The van der Waals surface area contributed by atoms with Crippen LogP contribution in [0.4, 0.5) is 5.13 Å². The van der Waals surface area contributed by atoms with Crippen molar-refractivity contribution in [3.63, 3.8) is 0 Å². The molecular weight excluding hydrogens is 494 g/mol. The number of hydrogen-bond acceptors (Lipinski definition) is 12. The maximum absolute atomic E-state index is 12.9.